The molecule has 29 heavy (non-hydrogen) atoms. The first-order valence-electron chi connectivity index (χ1n) is 9.70. The van der Waals surface area contributed by atoms with Crippen LogP contribution in [-0.2, 0) is 4.79 Å². The van der Waals surface area contributed by atoms with E-state index < -0.39 is 11.7 Å². The summed E-state index contributed by atoms with van der Waals surface area (Å²) >= 11 is 6.22. The zero-order valence-electron chi connectivity index (χ0n) is 17.8. The molecular formula is C23H28ClNO4. The normalized spacial score (nSPS) is 18.2. The third-order valence-electron chi connectivity index (χ3n) is 5.09. The second-order valence-electron chi connectivity index (χ2n) is 8.16. The van der Waals surface area contributed by atoms with Crippen LogP contribution in [0.15, 0.2) is 30.3 Å². The number of hydrogen-bond acceptors (Lipinski definition) is 4. The highest BCUT2D eigenvalue weighted by Gasteiger charge is 2.35. The molecule has 0 aliphatic carbocycles. The maximum atomic E-state index is 12.9. The Morgan fingerprint density at radius 3 is 2.48 bits per heavy atom. The summed E-state index contributed by atoms with van der Waals surface area (Å²) in [6.07, 6.45) is 0.00635. The number of halogens is 1. The molecule has 0 aromatic heterocycles. The number of amides is 1. The molecule has 1 amide bonds. The fraction of sp³-hybridized carbons (Fsp3) is 0.435. The van der Waals surface area contributed by atoms with E-state index in [0.717, 1.165) is 28.2 Å². The number of nitrogens with one attached hydrogen (secondary N) is 1. The van der Waals surface area contributed by atoms with E-state index >= 15 is 0 Å². The molecule has 0 spiro atoms. The Labute approximate surface area is 177 Å². The fourth-order valence-electron chi connectivity index (χ4n) is 3.61. The number of fused-ring (bicyclic) bond motifs is 1. The molecule has 1 heterocycles. The Morgan fingerprint density at radius 1 is 1.21 bits per heavy atom. The minimum Gasteiger partial charge on any atom is -0.497 e. The van der Waals surface area contributed by atoms with Gasteiger partial charge >= 0.3 is 0 Å². The second kappa shape index (κ2) is 8.15. The summed E-state index contributed by atoms with van der Waals surface area (Å²) in [6.45, 7) is 9.60. The number of methoxy groups -OCH3 is 1. The molecule has 156 valence electrons. The van der Waals surface area contributed by atoms with Crippen LogP contribution in [0.4, 0.5) is 0 Å². The van der Waals surface area contributed by atoms with Crippen molar-refractivity contribution in [1.82, 2.24) is 5.32 Å². The molecule has 2 aromatic rings. The number of ether oxygens (including phenoxy) is 3. The highest BCUT2D eigenvalue weighted by atomic mass is 35.5. The van der Waals surface area contributed by atoms with Gasteiger partial charge in [-0.2, -0.15) is 0 Å². The van der Waals surface area contributed by atoms with Gasteiger partial charge < -0.3 is 19.5 Å². The van der Waals surface area contributed by atoms with E-state index in [0.29, 0.717) is 17.2 Å². The van der Waals surface area contributed by atoms with E-state index in [9.17, 15) is 4.79 Å². The van der Waals surface area contributed by atoms with Gasteiger partial charge in [0.05, 0.1) is 13.2 Å². The highest BCUT2D eigenvalue weighted by molar-refractivity contribution is 6.32. The molecule has 3 rings (SSSR count). The average molecular weight is 418 g/mol. The minimum atomic E-state index is -0.650. The average Bonchev–Trinajstić information content (AvgIpc) is 2.64. The summed E-state index contributed by atoms with van der Waals surface area (Å²) in [5.74, 6) is 1.89. The van der Waals surface area contributed by atoms with Crippen molar-refractivity contribution in [3.05, 3.63) is 52.0 Å². The lowest BCUT2D eigenvalue weighted by molar-refractivity contribution is -0.128. The van der Waals surface area contributed by atoms with Crippen LogP contribution in [0.2, 0.25) is 5.02 Å². The Morgan fingerprint density at radius 2 is 1.86 bits per heavy atom. The molecular weight excluding hydrogens is 390 g/mol. The molecule has 0 saturated carbocycles. The van der Waals surface area contributed by atoms with Crippen LogP contribution in [0, 0.1) is 13.8 Å². The molecule has 1 N–H and O–H groups in total. The second-order valence-corrected chi connectivity index (χ2v) is 8.54. The summed E-state index contributed by atoms with van der Waals surface area (Å²) in [7, 11) is 1.62. The van der Waals surface area contributed by atoms with Gasteiger partial charge in [0.1, 0.15) is 22.8 Å². The molecule has 5 nitrogen and oxygen atoms in total. The monoisotopic (exact) mass is 417 g/mol. The fourth-order valence-corrected chi connectivity index (χ4v) is 3.72. The molecule has 2 atom stereocenters. The lowest BCUT2D eigenvalue weighted by atomic mass is 9.89. The zero-order valence-corrected chi connectivity index (χ0v) is 18.5. The predicted octanol–water partition coefficient (Wildman–Crippen LogP) is 5.15. The quantitative estimate of drug-likeness (QED) is 0.730. The van der Waals surface area contributed by atoms with Crippen LogP contribution in [0.3, 0.4) is 0 Å². The molecule has 2 aromatic carbocycles. The standard InChI is InChI=1S/C23H28ClNO4/c1-13-9-17(10-14(2)21(13)24)28-15(3)22(26)25-19-12-23(4,5)29-20-11-16(27-6)7-8-18(19)20/h7-11,15,19H,12H2,1-6H3,(H,25,26)/t15-,19-/m1/s1. The van der Waals surface area contributed by atoms with Crippen molar-refractivity contribution >= 4 is 17.5 Å². The van der Waals surface area contributed by atoms with E-state index in [4.69, 9.17) is 25.8 Å². The number of benzene rings is 2. The number of rotatable bonds is 5. The van der Waals surface area contributed by atoms with Gasteiger partial charge in [0, 0.05) is 23.1 Å². The summed E-state index contributed by atoms with van der Waals surface area (Å²) < 4.78 is 17.3. The summed E-state index contributed by atoms with van der Waals surface area (Å²) in [4.78, 5) is 12.9. The van der Waals surface area contributed by atoms with Crippen molar-refractivity contribution in [1.29, 1.82) is 0 Å². The van der Waals surface area contributed by atoms with E-state index in [1.807, 2.05) is 58.0 Å². The van der Waals surface area contributed by atoms with Crippen LogP contribution in [0.25, 0.3) is 0 Å². The maximum Gasteiger partial charge on any atom is 0.261 e. The highest BCUT2D eigenvalue weighted by Crippen LogP contribution is 2.41. The van der Waals surface area contributed by atoms with Crippen molar-refractivity contribution in [2.75, 3.05) is 7.11 Å². The van der Waals surface area contributed by atoms with Crippen molar-refractivity contribution in [2.24, 2.45) is 0 Å². The number of aryl methyl sites for hydroxylation is 2. The third-order valence-corrected chi connectivity index (χ3v) is 5.68. The predicted molar refractivity (Wildman–Crippen MR) is 114 cm³/mol. The molecule has 0 radical (unpaired) electrons. The molecule has 0 saturated heterocycles. The van der Waals surface area contributed by atoms with Crippen molar-refractivity contribution in [2.45, 2.75) is 58.8 Å². The summed E-state index contributed by atoms with van der Waals surface area (Å²) in [6, 6.07) is 9.18. The van der Waals surface area contributed by atoms with E-state index in [1.54, 1.807) is 14.0 Å². The van der Waals surface area contributed by atoms with Crippen LogP contribution in [0.5, 0.6) is 17.2 Å². The number of carbonyl (C=O) groups is 1. The Bertz CT molecular complexity index is 902. The Kier molecular flexibility index (Phi) is 5.99. The Hall–Kier alpha value is -2.40. The lowest BCUT2D eigenvalue weighted by Gasteiger charge is -2.38. The summed E-state index contributed by atoms with van der Waals surface area (Å²) in [5.41, 5.74) is 2.36. The van der Waals surface area contributed by atoms with Gasteiger partial charge in [-0.15, -0.1) is 0 Å². The van der Waals surface area contributed by atoms with Crippen LogP contribution in [0.1, 0.15) is 49.9 Å². The smallest absolute Gasteiger partial charge is 0.261 e. The van der Waals surface area contributed by atoms with Gasteiger partial charge in [0.15, 0.2) is 6.10 Å². The molecule has 6 heteroatoms. The van der Waals surface area contributed by atoms with Crippen LogP contribution >= 0.6 is 11.6 Å². The first kappa shape index (κ1) is 21.3. The SMILES string of the molecule is COc1ccc2c(c1)OC(C)(C)C[C@H]2NC(=O)[C@@H](C)Oc1cc(C)c(Cl)c(C)c1. The van der Waals surface area contributed by atoms with E-state index in [1.165, 1.54) is 0 Å². The molecule has 1 aliphatic heterocycles. The summed E-state index contributed by atoms with van der Waals surface area (Å²) in [5, 5.41) is 3.83. The number of hydrogen-bond donors (Lipinski definition) is 1. The molecule has 0 bridgehead atoms. The van der Waals surface area contributed by atoms with Crippen molar-refractivity contribution < 1.29 is 19.0 Å². The van der Waals surface area contributed by atoms with Crippen LogP contribution in [-0.4, -0.2) is 24.7 Å². The zero-order chi connectivity index (χ0) is 21.3. The minimum absolute atomic E-state index is 0.174. The van der Waals surface area contributed by atoms with E-state index in [2.05, 4.69) is 5.32 Å². The van der Waals surface area contributed by atoms with Gasteiger partial charge in [-0.25, -0.2) is 0 Å². The first-order valence-corrected chi connectivity index (χ1v) is 10.1. The topological polar surface area (TPSA) is 56.8 Å². The van der Waals surface area contributed by atoms with Crippen molar-refractivity contribution in [3.63, 3.8) is 0 Å². The lowest BCUT2D eigenvalue weighted by Crippen LogP contribution is -2.44. The van der Waals surface area contributed by atoms with Gasteiger partial charge in [0.2, 0.25) is 0 Å². The Balaban J connectivity index is 1.76. The molecule has 0 fully saturated rings. The van der Waals surface area contributed by atoms with Gasteiger partial charge in [-0.1, -0.05) is 11.6 Å². The molecule has 1 aliphatic rings. The van der Waals surface area contributed by atoms with E-state index in [-0.39, 0.29) is 11.9 Å². The van der Waals surface area contributed by atoms with Crippen molar-refractivity contribution in [3.8, 4) is 17.2 Å². The number of carbonyl (C=O) groups excluding carboxylic acids is 1. The van der Waals surface area contributed by atoms with Gasteiger partial charge in [-0.05, 0) is 70.0 Å². The molecule has 0 unspecified atom stereocenters. The maximum absolute atomic E-state index is 12.9. The van der Waals surface area contributed by atoms with Crippen LogP contribution < -0.4 is 19.5 Å². The van der Waals surface area contributed by atoms with Gasteiger partial charge in [0.25, 0.3) is 5.91 Å². The first-order chi connectivity index (χ1) is 13.6. The largest absolute Gasteiger partial charge is 0.497 e. The third kappa shape index (κ3) is 4.78. The van der Waals surface area contributed by atoms with Gasteiger partial charge in [-0.3, -0.25) is 4.79 Å².